The molecule has 2 nitrogen and oxygen atoms in total. The molecule has 1 rings (SSSR count). The van der Waals surface area contributed by atoms with Crippen LogP contribution in [0.3, 0.4) is 0 Å². The molecule has 0 saturated heterocycles. The summed E-state index contributed by atoms with van der Waals surface area (Å²) in [5.74, 6) is 0. The van der Waals surface area contributed by atoms with Crippen molar-refractivity contribution in [2.45, 2.75) is 12.7 Å². The third-order valence-corrected chi connectivity index (χ3v) is 2.86. The predicted molar refractivity (Wildman–Crippen MR) is 67.7 cm³/mol. The van der Waals surface area contributed by atoms with Gasteiger partial charge in [-0.1, -0.05) is 33.6 Å². The van der Waals surface area contributed by atoms with Crippen molar-refractivity contribution in [1.82, 2.24) is 5.32 Å². The minimum Gasteiger partial charge on any atom is -0.371 e. The Kier molecular flexibility index (Phi) is 6.42. The molecule has 0 amide bonds. The number of rotatable bonds is 6. The second kappa shape index (κ2) is 7.33. The third-order valence-electron chi connectivity index (χ3n) is 2.02. The van der Waals surface area contributed by atoms with Crippen LogP contribution in [0.4, 0.5) is 13.2 Å². The lowest BCUT2D eigenvalue weighted by Crippen LogP contribution is -2.23. The van der Waals surface area contributed by atoms with E-state index in [0.29, 0.717) is 18.1 Å². The maximum absolute atomic E-state index is 11.8. The Bertz CT molecular complexity index is 387. The lowest BCUT2D eigenvalue weighted by molar-refractivity contribution is -0.173. The van der Waals surface area contributed by atoms with E-state index in [1.807, 2.05) is 12.1 Å². The summed E-state index contributed by atoms with van der Waals surface area (Å²) in [7, 11) is 0. The van der Waals surface area contributed by atoms with Crippen LogP contribution in [0, 0.1) is 0 Å². The van der Waals surface area contributed by atoms with Crippen LogP contribution in [0.1, 0.15) is 5.56 Å². The summed E-state index contributed by atoms with van der Waals surface area (Å²) < 4.78 is 40.6. The van der Waals surface area contributed by atoms with Crippen LogP contribution in [0.25, 0.3) is 0 Å². The highest BCUT2D eigenvalue weighted by molar-refractivity contribution is 9.10. The lowest BCUT2D eigenvalue weighted by atomic mass is 10.2. The van der Waals surface area contributed by atoms with E-state index in [-0.39, 0.29) is 6.61 Å². The van der Waals surface area contributed by atoms with Crippen molar-refractivity contribution in [1.29, 1.82) is 0 Å². The number of hydrogen-bond donors (Lipinski definition) is 1. The van der Waals surface area contributed by atoms with E-state index in [1.165, 1.54) is 0 Å². The summed E-state index contributed by atoms with van der Waals surface area (Å²) in [6.07, 6.45) is -4.27. The number of hydrogen-bond acceptors (Lipinski definition) is 2. The fourth-order valence-electron chi connectivity index (χ4n) is 1.22. The van der Waals surface area contributed by atoms with Crippen molar-refractivity contribution in [3.8, 4) is 0 Å². The number of nitrogens with one attached hydrogen (secondary N) is 1. The van der Waals surface area contributed by atoms with Crippen molar-refractivity contribution in [2.75, 3.05) is 19.8 Å². The van der Waals surface area contributed by atoms with Crippen molar-refractivity contribution in [3.63, 3.8) is 0 Å². The van der Waals surface area contributed by atoms with E-state index in [2.05, 4.69) is 26.0 Å². The van der Waals surface area contributed by atoms with Gasteiger partial charge in [0.25, 0.3) is 0 Å². The monoisotopic (exact) mass is 345 g/mol. The van der Waals surface area contributed by atoms with Crippen LogP contribution >= 0.6 is 27.5 Å². The fourth-order valence-corrected chi connectivity index (χ4v) is 1.96. The van der Waals surface area contributed by atoms with Crippen LogP contribution in [-0.2, 0) is 11.3 Å². The zero-order valence-electron chi connectivity index (χ0n) is 9.36. The van der Waals surface area contributed by atoms with E-state index in [9.17, 15) is 13.2 Å². The van der Waals surface area contributed by atoms with Gasteiger partial charge >= 0.3 is 6.18 Å². The van der Waals surface area contributed by atoms with Crippen LogP contribution in [0.5, 0.6) is 0 Å². The van der Waals surface area contributed by atoms with Gasteiger partial charge in [-0.05, 0) is 17.7 Å². The largest absolute Gasteiger partial charge is 0.411 e. The quantitative estimate of drug-likeness (QED) is 0.792. The zero-order chi connectivity index (χ0) is 13.6. The molecule has 1 N–H and O–H groups in total. The van der Waals surface area contributed by atoms with Crippen LogP contribution in [0.15, 0.2) is 22.7 Å². The van der Waals surface area contributed by atoms with Crippen LogP contribution in [-0.4, -0.2) is 25.9 Å². The second-order valence-corrected chi connectivity index (χ2v) is 4.90. The van der Waals surface area contributed by atoms with Gasteiger partial charge in [-0.15, -0.1) is 0 Å². The highest BCUT2D eigenvalue weighted by Gasteiger charge is 2.27. The van der Waals surface area contributed by atoms with Crippen molar-refractivity contribution in [2.24, 2.45) is 0 Å². The van der Waals surface area contributed by atoms with E-state index in [1.54, 1.807) is 6.07 Å². The first-order valence-electron chi connectivity index (χ1n) is 5.17. The molecule has 0 fully saturated rings. The molecular formula is C11H12BrClF3NO. The normalized spacial score (nSPS) is 11.8. The van der Waals surface area contributed by atoms with Crippen molar-refractivity contribution < 1.29 is 17.9 Å². The summed E-state index contributed by atoms with van der Waals surface area (Å²) >= 11 is 9.27. The number of benzene rings is 1. The Hall–Kier alpha value is -0.300. The van der Waals surface area contributed by atoms with Gasteiger partial charge < -0.3 is 10.1 Å². The van der Waals surface area contributed by atoms with E-state index in [0.717, 1.165) is 10.0 Å². The average Bonchev–Trinajstić information content (AvgIpc) is 2.24. The zero-order valence-corrected chi connectivity index (χ0v) is 11.7. The smallest absolute Gasteiger partial charge is 0.371 e. The van der Waals surface area contributed by atoms with Gasteiger partial charge in [0.2, 0.25) is 0 Å². The molecular weight excluding hydrogens is 334 g/mol. The predicted octanol–water partition coefficient (Wildman–Crippen LogP) is 3.77. The first kappa shape index (κ1) is 15.8. The molecule has 0 aromatic heterocycles. The minimum atomic E-state index is -4.27. The SMILES string of the molecule is FC(F)(F)COCCNCc1ccc(Br)cc1Cl. The van der Waals surface area contributed by atoms with Crippen LogP contribution < -0.4 is 5.32 Å². The molecule has 1 aromatic rings. The highest BCUT2D eigenvalue weighted by Crippen LogP contribution is 2.21. The standard InChI is InChI=1S/C11H12BrClF3NO/c12-9-2-1-8(10(13)5-9)6-17-3-4-18-7-11(14,15)16/h1-2,5,17H,3-4,6-7H2. The number of halogens is 5. The molecule has 0 aliphatic carbocycles. The Morgan fingerprint density at radius 1 is 1.33 bits per heavy atom. The van der Waals surface area contributed by atoms with Crippen molar-refractivity contribution in [3.05, 3.63) is 33.3 Å². The Labute approximate surface area is 117 Å². The van der Waals surface area contributed by atoms with Gasteiger partial charge in [0.15, 0.2) is 0 Å². The lowest BCUT2D eigenvalue weighted by Gasteiger charge is -2.09. The van der Waals surface area contributed by atoms with Gasteiger partial charge in [-0.3, -0.25) is 0 Å². The first-order chi connectivity index (χ1) is 8.38. The third kappa shape index (κ3) is 6.58. The van der Waals surface area contributed by atoms with E-state index < -0.39 is 12.8 Å². The molecule has 1 aromatic carbocycles. The maximum Gasteiger partial charge on any atom is 0.411 e. The molecule has 0 bridgehead atoms. The molecule has 0 atom stereocenters. The van der Waals surface area contributed by atoms with E-state index in [4.69, 9.17) is 11.6 Å². The number of alkyl halides is 3. The summed E-state index contributed by atoms with van der Waals surface area (Å²) in [5.41, 5.74) is 0.885. The number of ether oxygens (including phenoxy) is 1. The summed E-state index contributed by atoms with van der Waals surface area (Å²) in [6.45, 7) is -0.384. The fraction of sp³-hybridized carbons (Fsp3) is 0.455. The molecule has 0 spiro atoms. The Balaban J connectivity index is 2.18. The molecule has 0 aliphatic rings. The molecule has 18 heavy (non-hydrogen) atoms. The minimum absolute atomic E-state index is 0.00760. The first-order valence-corrected chi connectivity index (χ1v) is 6.35. The summed E-state index contributed by atoms with van der Waals surface area (Å²) in [4.78, 5) is 0. The molecule has 0 unspecified atom stereocenters. The topological polar surface area (TPSA) is 21.3 Å². The molecule has 7 heteroatoms. The second-order valence-electron chi connectivity index (χ2n) is 3.58. The van der Waals surface area contributed by atoms with Gasteiger partial charge in [-0.2, -0.15) is 13.2 Å². The molecule has 0 aliphatic heterocycles. The maximum atomic E-state index is 11.8. The molecule has 102 valence electrons. The van der Waals surface area contributed by atoms with Gasteiger partial charge in [0.05, 0.1) is 6.61 Å². The van der Waals surface area contributed by atoms with Gasteiger partial charge in [0, 0.05) is 22.6 Å². The highest BCUT2D eigenvalue weighted by atomic mass is 79.9. The van der Waals surface area contributed by atoms with E-state index >= 15 is 0 Å². The Morgan fingerprint density at radius 2 is 2.06 bits per heavy atom. The molecule has 0 radical (unpaired) electrons. The molecule has 0 heterocycles. The molecule has 0 saturated carbocycles. The van der Waals surface area contributed by atoms with Gasteiger partial charge in [-0.25, -0.2) is 0 Å². The Morgan fingerprint density at radius 3 is 2.67 bits per heavy atom. The summed E-state index contributed by atoms with van der Waals surface area (Å²) in [5, 5.41) is 3.56. The van der Waals surface area contributed by atoms with Crippen molar-refractivity contribution >= 4 is 27.5 Å². The van der Waals surface area contributed by atoms with Crippen LogP contribution in [0.2, 0.25) is 5.02 Å². The summed E-state index contributed by atoms with van der Waals surface area (Å²) in [6, 6.07) is 5.46. The van der Waals surface area contributed by atoms with Gasteiger partial charge in [0.1, 0.15) is 6.61 Å². The average molecular weight is 347 g/mol.